The van der Waals surface area contributed by atoms with Crippen molar-refractivity contribution in [2.24, 2.45) is 0 Å². The van der Waals surface area contributed by atoms with Crippen LogP contribution < -0.4 is 5.32 Å². The molecule has 0 spiro atoms. The second-order valence-corrected chi connectivity index (χ2v) is 5.48. The molecule has 104 valence electrons. The first-order valence-corrected chi connectivity index (χ1v) is 7.32. The highest BCUT2D eigenvalue weighted by Crippen LogP contribution is 2.11. The number of hydrogen-bond donors (Lipinski definition) is 1. The van der Waals surface area contributed by atoms with E-state index in [1.807, 2.05) is 0 Å². The van der Waals surface area contributed by atoms with E-state index in [9.17, 15) is 0 Å². The van der Waals surface area contributed by atoms with Crippen molar-refractivity contribution in [3.8, 4) is 0 Å². The summed E-state index contributed by atoms with van der Waals surface area (Å²) in [4.78, 5) is 0. The smallest absolute Gasteiger partial charge is 0.0623 e. The molecule has 1 N–H and O–H groups in total. The molecule has 1 aliphatic heterocycles. The quantitative estimate of drug-likeness (QED) is 0.919. The van der Waals surface area contributed by atoms with Gasteiger partial charge in [-0.1, -0.05) is 60.7 Å². The molecule has 2 aromatic carbocycles. The van der Waals surface area contributed by atoms with Crippen molar-refractivity contribution >= 4 is 0 Å². The van der Waals surface area contributed by atoms with Crippen LogP contribution in [0.15, 0.2) is 60.7 Å². The highest BCUT2D eigenvalue weighted by atomic mass is 16.5. The molecule has 20 heavy (non-hydrogen) atoms. The molecule has 2 aromatic rings. The van der Waals surface area contributed by atoms with E-state index in [0.29, 0.717) is 12.1 Å². The number of morpholine rings is 1. The Morgan fingerprint density at radius 1 is 0.750 bits per heavy atom. The van der Waals surface area contributed by atoms with Gasteiger partial charge in [-0.2, -0.15) is 0 Å². The molecule has 3 rings (SSSR count). The molecule has 0 aromatic heterocycles. The van der Waals surface area contributed by atoms with Crippen LogP contribution in [0.3, 0.4) is 0 Å². The average Bonchev–Trinajstić information content (AvgIpc) is 2.50. The Kier molecular flexibility index (Phi) is 4.46. The van der Waals surface area contributed by atoms with E-state index in [2.05, 4.69) is 66.0 Å². The first-order chi connectivity index (χ1) is 9.90. The second kappa shape index (κ2) is 6.69. The van der Waals surface area contributed by atoms with Gasteiger partial charge in [0.05, 0.1) is 13.2 Å². The summed E-state index contributed by atoms with van der Waals surface area (Å²) in [6.07, 6.45) is 2.07. The lowest BCUT2D eigenvalue weighted by atomic mass is 10.0. The lowest BCUT2D eigenvalue weighted by molar-refractivity contribution is 0.0457. The van der Waals surface area contributed by atoms with E-state index < -0.39 is 0 Å². The third kappa shape index (κ3) is 3.69. The van der Waals surface area contributed by atoms with E-state index in [0.717, 1.165) is 26.1 Å². The molecular weight excluding hydrogens is 246 g/mol. The van der Waals surface area contributed by atoms with Gasteiger partial charge in [0, 0.05) is 12.1 Å². The van der Waals surface area contributed by atoms with Gasteiger partial charge in [-0.05, 0) is 24.0 Å². The standard InChI is InChI=1S/C18H21NO/c1-3-7-15(8-4-1)11-17-13-20-14-18(19-17)12-16-9-5-2-6-10-16/h1-10,17-19H,11-14H2/t17-,18-/m0/s1. The van der Waals surface area contributed by atoms with Crippen LogP contribution in [0.25, 0.3) is 0 Å². The zero-order valence-electron chi connectivity index (χ0n) is 11.7. The zero-order chi connectivity index (χ0) is 13.6. The van der Waals surface area contributed by atoms with Gasteiger partial charge in [0.25, 0.3) is 0 Å². The molecule has 0 unspecified atom stereocenters. The van der Waals surface area contributed by atoms with Crippen LogP contribution in [0.5, 0.6) is 0 Å². The molecule has 0 radical (unpaired) electrons. The van der Waals surface area contributed by atoms with Crippen molar-refractivity contribution < 1.29 is 4.74 Å². The van der Waals surface area contributed by atoms with Gasteiger partial charge < -0.3 is 10.1 Å². The summed E-state index contributed by atoms with van der Waals surface area (Å²) >= 11 is 0. The Morgan fingerprint density at radius 2 is 1.20 bits per heavy atom. The first kappa shape index (κ1) is 13.3. The molecular formula is C18H21NO. The van der Waals surface area contributed by atoms with Crippen LogP contribution in [0, 0.1) is 0 Å². The monoisotopic (exact) mass is 267 g/mol. The Labute approximate surface area is 120 Å². The largest absolute Gasteiger partial charge is 0.378 e. The molecule has 2 heteroatoms. The zero-order valence-corrected chi connectivity index (χ0v) is 11.7. The highest BCUT2D eigenvalue weighted by molar-refractivity contribution is 5.18. The fourth-order valence-corrected chi connectivity index (χ4v) is 2.82. The minimum absolute atomic E-state index is 0.417. The predicted molar refractivity (Wildman–Crippen MR) is 81.8 cm³/mol. The lowest BCUT2D eigenvalue weighted by Crippen LogP contribution is -2.50. The summed E-state index contributed by atoms with van der Waals surface area (Å²) in [6, 6.07) is 22.1. The van der Waals surface area contributed by atoms with Gasteiger partial charge in [-0.15, -0.1) is 0 Å². The second-order valence-electron chi connectivity index (χ2n) is 5.48. The van der Waals surface area contributed by atoms with Gasteiger partial charge in [0.15, 0.2) is 0 Å². The molecule has 0 amide bonds. The van der Waals surface area contributed by atoms with Crippen molar-refractivity contribution in [1.29, 1.82) is 0 Å². The molecule has 0 aliphatic carbocycles. The van der Waals surface area contributed by atoms with Gasteiger partial charge in [-0.3, -0.25) is 0 Å². The van der Waals surface area contributed by atoms with E-state index in [-0.39, 0.29) is 0 Å². The minimum atomic E-state index is 0.417. The SMILES string of the molecule is c1ccc(C[C@H]2COC[C@H](Cc3ccccc3)N2)cc1. The van der Waals surface area contributed by atoms with E-state index in [4.69, 9.17) is 4.74 Å². The number of nitrogens with one attached hydrogen (secondary N) is 1. The summed E-state index contributed by atoms with van der Waals surface area (Å²) in [5, 5.41) is 3.73. The molecule has 0 saturated carbocycles. The third-order valence-electron chi connectivity index (χ3n) is 3.76. The van der Waals surface area contributed by atoms with E-state index in [1.54, 1.807) is 0 Å². The van der Waals surface area contributed by atoms with Crippen LogP contribution in [0.4, 0.5) is 0 Å². The predicted octanol–water partition coefficient (Wildman–Crippen LogP) is 2.83. The van der Waals surface area contributed by atoms with Crippen molar-refractivity contribution in [3.05, 3.63) is 71.8 Å². The van der Waals surface area contributed by atoms with Crippen molar-refractivity contribution in [3.63, 3.8) is 0 Å². The van der Waals surface area contributed by atoms with E-state index >= 15 is 0 Å². The summed E-state index contributed by atoms with van der Waals surface area (Å²) < 4.78 is 5.78. The van der Waals surface area contributed by atoms with Crippen molar-refractivity contribution in [2.45, 2.75) is 24.9 Å². The van der Waals surface area contributed by atoms with Crippen LogP contribution in [-0.4, -0.2) is 25.3 Å². The Balaban J connectivity index is 1.57. The maximum Gasteiger partial charge on any atom is 0.0623 e. The fraction of sp³-hybridized carbons (Fsp3) is 0.333. The number of hydrogen-bond acceptors (Lipinski definition) is 2. The first-order valence-electron chi connectivity index (χ1n) is 7.32. The molecule has 0 bridgehead atoms. The summed E-state index contributed by atoms with van der Waals surface area (Å²) in [6.45, 7) is 1.61. The molecule has 2 atom stereocenters. The fourth-order valence-electron chi connectivity index (χ4n) is 2.82. The number of rotatable bonds is 4. The van der Waals surface area contributed by atoms with Crippen molar-refractivity contribution in [1.82, 2.24) is 5.32 Å². The normalized spacial score (nSPS) is 22.6. The van der Waals surface area contributed by atoms with Crippen molar-refractivity contribution in [2.75, 3.05) is 13.2 Å². The number of benzene rings is 2. The molecule has 1 aliphatic rings. The summed E-state index contributed by atoms with van der Waals surface area (Å²) in [7, 11) is 0. The average molecular weight is 267 g/mol. The Bertz CT molecular complexity index is 464. The van der Waals surface area contributed by atoms with Gasteiger partial charge >= 0.3 is 0 Å². The van der Waals surface area contributed by atoms with Crippen LogP contribution in [0.1, 0.15) is 11.1 Å². The van der Waals surface area contributed by atoms with Crippen LogP contribution >= 0.6 is 0 Å². The molecule has 1 heterocycles. The van der Waals surface area contributed by atoms with Gasteiger partial charge in [0.1, 0.15) is 0 Å². The van der Waals surface area contributed by atoms with Gasteiger partial charge in [-0.25, -0.2) is 0 Å². The number of ether oxygens (including phenoxy) is 1. The Morgan fingerprint density at radius 3 is 1.65 bits per heavy atom. The van der Waals surface area contributed by atoms with Gasteiger partial charge in [0.2, 0.25) is 0 Å². The highest BCUT2D eigenvalue weighted by Gasteiger charge is 2.21. The third-order valence-corrected chi connectivity index (χ3v) is 3.76. The van der Waals surface area contributed by atoms with E-state index in [1.165, 1.54) is 11.1 Å². The maximum atomic E-state index is 5.78. The lowest BCUT2D eigenvalue weighted by Gasteiger charge is -2.31. The summed E-state index contributed by atoms with van der Waals surface area (Å²) in [5.74, 6) is 0. The Hall–Kier alpha value is -1.64. The molecule has 1 fully saturated rings. The molecule has 2 nitrogen and oxygen atoms in total. The van der Waals surface area contributed by atoms with Crippen LogP contribution in [0.2, 0.25) is 0 Å². The molecule has 1 saturated heterocycles. The van der Waals surface area contributed by atoms with Crippen LogP contribution in [-0.2, 0) is 17.6 Å². The minimum Gasteiger partial charge on any atom is -0.378 e. The topological polar surface area (TPSA) is 21.3 Å². The summed E-state index contributed by atoms with van der Waals surface area (Å²) in [5.41, 5.74) is 2.74. The maximum absolute atomic E-state index is 5.78.